The third kappa shape index (κ3) is 7.38. The zero-order valence-corrected chi connectivity index (χ0v) is 20.2. The summed E-state index contributed by atoms with van der Waals surface area (Å²) in [5.74, 6) is 0.592. The number of carbonyl (C=O) groups excluding carboxylic acids is 2. The largest absolute Gasteiger partial charge is 0.343 e. The van der Waals surface area contributed by atoms with Crippen LogP contribution in [0.5, 0.6) is 0 Å². The van der Waals surface area contributed by atoms with Gasteiger partial charge in [0.1, 0.15) is 0 Å². The fourth-order valence-corrected chi connectivity index (χ4v) is 5.72. The molecule has 6 nitrogen and oxygen atoms in total. The summed E-state index contributed by atoms with van der Waals surface area (Å²) in [6, 6.07) is 4.05. The van der Waals surface area contributed by atoms with Crippen LogP contribution in [0.4, 0.5) is 0 Å². The minimum Gasteiger partial charge on any atom is -0.343 e. The fraction of sp³-hybridized carbons (Fsp3) is 0.750. The van der Waals surface area contributed by atoms with Crippen LogP contribution in [0.25, 0.3) is 0 Å². The van der Waals surface area contributed by atoms with Crippen LogP contribution in [0, 0.1) is 5.92 Å². The topological polar surface area (TPSA) is 55.9 Å². The van der Waals surface area contributed by atoms with Crippen molar-refractivity contribution in [2.45, 2.75) is 52.5 Å². The average molecular weight is 449 g/mol. The third-order valence-corrected chi connectivity index (χ3v) is 7.70. The van der Waals surface area contributed by atoms with Gasteiger partial charge in [-0.2, -0.15) is 0 Å². The molecule has 1 aromatic heterocycles. The molecule has 0 saturated carbocycles. The van der Waals surface area contributed by atoms with Crippen LogP contribution in [-0.4, -0.2) is 85.3 Å². The molecule has 0 spiro atoms. The van der Waals surface area contributed by atoms with E-state index in [9.17, 15) is 9.59 Å². The van der Waals surface area contributed by atoms with E-state index >= 15 is 0 Å². The van der Waals surface area contributed by atoms with Gasteiger partial charge in [-0.1, -0.05) is 6.42 Å². The molecule has 3 rings (SSSR count). The summed E-state index contributed by atoms with van der Waals surface area (Å²) in [6.07, 6.45) is 6.02. The molecule has 31 heavy (non-hydrogen) atoms. The van der Waals surface area contributed by atoms with Crippen molar-refractivity contribution in [3.63, 3.8) is 0 Å². The number of hydrogen-bond acceptors (Lipinski definition) is 6. The number of likely N-dealkylation sites (tertiary alicyclic amines) is 2. The van der Waals surface area contributed by atoms with E-state index in [1.165, 1.54) is 37.2 Å². The molecule has 0 aromatic carbocycles. The predicted molar refractivity (Wildman–Crippen MR) is 128 cm³/mol. The highest BCUT2D eigenvalue weighted by molar-refractivity contribution is 7.14. The van der Waals surface area contributed by atoms with Crippen molar-refractivity contribution < 1.29 is 9.59 Å². The Balaban J connectivity index is 1.41. The molecule has 2 aliphatic rings. The lowest BCUT2D eigenvalue weighted by Crippen LogP contribution is -2.44. The first-order chi connectivity index (χ1) is 15.1. The van der Waals surface area contributed by atoms with E-state index in [4.69, 9.17) is 0 Å². The summed E-state index contributed by atoms with van der Waals surface area (Å²) in [5.41, 5.74) is 0. The van der Waals surface area contributed by atoms with Gasteiger partial charge in [0.15, 0.2) is 5.78 Å². The van der Waals surface area contributed by atoms with Gasteiger partial charge in [0.2, 0.25) is 5.91 Å². The number of nitrogens with zero attached hydrogens (tertiary/aromatic N) is 3. The van der Waals surface area contributed by atoms with Crippen molar-refractivity contribution >= 4 is 23.0 Å². The smallest absolute Gasteiger partial charge is 0.226 e. The second kappa shape index (κ2) is 12.7. The SMILES string of the molecule is CCN(CC)C(=O)C1CCCN(Cc2ccc(C(=O)CNCCN3CCCCC3)s2)C1. The Labute approximate surface area is 192 Å². The van der Waals surface area contributed by atoms with Crippen LogP contribution < -0.4 is 5.32 Å². The van der Waals surface area contributed by atoms with Gasteiger partial charge in [0.25, 0.3) is 0 Å². The number of Topliss-reactive ketones (excluding diaryl/α,β-unsaturated/α-hetero) is 1. The lowest BCUT2D eigenvalue weighted by molar-refractivity contribution is -0.137. The Morgan fingerprint density at radius 1 is 1.06 bits per heavy atom. The van der Waals surface area contributed by atoms with Gasteiger partial charge in [-0.15, -0.1) is 11.3 Å². The summed E-state index contributed by atoms with van der Waals surface area (Å²) in [7, 11) is 0. The highest BCUT2D eigenvalue weighted by Gasteiger charge is 2.28. The summed E-state index contributed by atoms with van der Waals surface area (Å²) in [5, 5.41) is 3.32. The second-order valence-electron chi connectivity index (χ2n) is 8.85. The third-order valence-electron chi connectivity index (χ3n) is 6.58. The summed E-state index contributed by atoms with van der Waals surface area (Å²) >= 11 is 1.61. The van der Waals surface area contributed by atoms with Gasteiger partial charge in [-0.05, 0) is 71.3 Å². The number of carbonyl (C=O) groups is 2. The zero-order valence-electron chi connectivity index (χ0n) is 19.4. The maximum absolute atomic E-state index is 12.7. The molecule has 7 heteroatoms. The van der Waals surface area contributed by atoms with Crippen molar-refractivity contribution in [1.29, 1.82) is 0 Å². The lowest BCUT2D eigenvalue weighted by Gasteiger charge is -2.34. The molecule has 1 atom stereocenters. The van der Waals surface area contributed by atoms with Crippen LogP contribution >= 0.6 is 11.3 Å². The molecule has 1 unspecified atom stereocenters. The Kier molecular flexibility index (Phi) is 9.96. The molecule has 2 saturated heterocycles. The van der Waals surface area contributed by atoms with Gasteiger partial charge in [-0.25, -0.2) is 0 Å². The van der Waals surface area contributed by atoms with E-state index in [1.807, 2.05) is 11.0 Å². The molecule has 2 aliphatic heterocycles. The van der Waals surface area contributed by atoms with Crippen LogP contribution in [0.15, 0.2) is 12.1 Å². The molecule has 1 N–H and O–H groups in total. The molecule has 0 aliphatic carbocycles. The maximum Gasteiger partial charge on any atom is 0.226 e. The van der Waals surface area contributed by atoms with Crippen LogP contribution in [-0.2, 0) is 11.3 Å². The first-order valence-corrected chi connectivity index (χ1v) is 13.0. The van der Waals surface area contributed by atoms with E-state index in [1.54, 1.807) is 11.3 Å². The highest BCUT2D eigenvalue weighted by Crippen LogP contribution is 2.24. The van der Waals surface area contributed by atoms with E-state index < -0.39 is 0 Å². The van der Waals surface area contributed by atoms with Crippen LogP contribution in [0.1, 0.15) is 60.5 Å². The highest BCUT2D eigenvalue weighted by atomic mass is 32.1. The zero-order chi connectivity index (χ0) is 22.1. The molecule has 3 heterocycles. The molecular weight excluding hydrogens is 408 g/mol. The van der Waals surface area contributed by atoms with Crippen molar-refractivity contribution in [3.05, 3.63) is 21.9 Å². The first-order valence-electron chi connectivity index (χ1n) is 12.2. The minimum absolute atomic E-state index is 0.110. The average Bonchev–Trinajstić information content (AvgIpc) is 3.27. The lowest BCUT2D eigenvalue weighted by atomic mass is 9.96. The molecular formula is C24H40N4O2S. The van der Waals surface area contributed by atoms with Crippen molar-refractivity contribution in [3.8, 4) is 0 Å². The van der Waals surface area contributed by atoms with E-state index in [0.717, 1.165) is 63.5 Å². The number of amides is 1. The fourth-order valence-electron chi connectivity index (χ4n) is 4.74. The number of nitrogens with one attached hydrogen (secondary N) is 1. The van der Waals surface area contributed by atoms with Crippen LogP contribution in [0.2, 0.25) is 0 Å². The van der Waals surface area contributed by atoms with Gasteiger partial charge >= 0.3 is 0 Å². The predicted octanol–water partition coefficient (Wildman–Crippen LogP) is 3.09. The Morgan fingerprint density at radius 2 is 1.81 bits per heavy atom. The van der Waals surface area contributed by atoms with Crippen molar-refractivity contribution in [2.24, 2.45) is 5.92 Å². The molecule has 0 radical (unpaired) electrons. The molecule has 1 aromatic rings. The van der Waals surface area contributed by atoms with E-state index in [2.05, 4.69) is 35.0 Å². The number of hydrogen-bond donors (Lipinski definition) is 1. The maximum atomic E-state index is 12.7. The second-order valence-corrected chi connectivity index (χ2v) is 10.0. The Hall–Kier alpha value is -1.28. The Morgan fingerprint density at radius 3 is 2.55 bits per heavy atom. The standard InChI is InChI=1S/C24H40N4O2S/c1-3-28(4-2)24(30)20-9-8-15-27(18-20)19-21-10-11-23(31-21)22(29)17-25-12-16-26-13-6-5-7-14-26/h10-11,20,25H,3-9,12-19H2,1-2H3. The molecule has 0 bridgehead atoms. The quantitative estimate of drug-likeness (QED) is 0.416. The number of ketones is 1. The van der Waals surface area contributed by atoms with Crippen molar-refractivity contribution in [1.82, 2.24) is 20.0 Å². The number of piperidine rings is 2. The molecule has 2 fully saturated rings. The van der Waals surface area contributed by atoms with Crippen molar-refractivity contribution in [2.75, 3.05) is 58.9 Å². The summed E-state index contributed by atoms with van der Waals surface area (Å²) in [6.45, 7) is 13.1. The minimum atomic E-state index is 0.110. The van der Waals surface area contributed by atoms with Gasteiger partial charge in [-0.3, -0.25) is 14.5 Å². The number of thiophene rings is 1. The normalized spacial score (nSPS) is 20.6. The van der Waals surface area contributed by atoms with Gasteiger partial charge < -0.3 is 15.1 Å². The number of rotatable bonds is 11. The van der Waals surface area contributed by atoms with E-state index in [-0.39, 0.29) is 11.7 Å². The summed E-state index contributed by atoms with van der Waals surface area (Å²) in [4.78, 5) is 34.2. The Bertz CT molecular complexity index is 698. The van der Waals surface area contributed by atoms with Gasteiger partial charge in [0, 0.05) is 44.1 Å². The summed E-state index contributed by atoms with van der Waals surface area (Å²) < 4.78 is 0. The first kappa shape index (κ1) is 24.4. The van der Waals surface area contributed by atoms with E-state index in [0.29, 0.717) is 12.5 Å². The molecule has 1 amide bonds. The van der Waals surface area contributed by atoms with Gasteiger partial charge in [0.05, 0.1) is 17.3 Å². The monoisotopic (exact) mass is 448 g/mol. The van der Waals surface area contributed by atoms with Crippen LogP contribution in [0.3, 0.4) is 0 Å². The molecule has 174 valence electrons.